The molecule has 2 rings (SSSR count). The van der Waals surface area contributed by atoms with E-state index in [1.165, 1.54) is 0 Å². The molecule has 2 aromatic carbocycles. The summed E-state index contributed by atoms with van der Waals surface area (Å²) in [7, 11) is 0. The van der Waals surface area contributed by atoms with Crippen molar-refractivity contribution in [2.24, 2.45) is 0 Å². The van der Waals surface area contributed by atoms with Crippen molar-refractivity contribution in [3.8, 4) is 5.75 Å². The fourth-order valence-electron chi connectivity index (χ4n) is 1.72. The SMILES string of the molecule is Cc1ccc(NC(=O)c2cc(Br)ccc2C)cc1O. The Kier molecular flexibility index (Phi) is 3.90. The predicted octanol–water partition coefficient (Wildman–Crippen LogP) is 4.02. The molecular formula is C15H14BrNO2. The van der Waals surface area contributed by atoms with E-state index in [9.17, 15) is 9.90 Å². The van der Waals surface area contributed by atoms with Gasteiger partial charge in [0.15, 0.2) is 0 Å². The zero-order chi connectivity index (χ0) is 14.0. The second-order valence-corrected chi connectivity index (χ2v) is 5.33. The van der Waals surface area contributed by atoms with Gasteiger partial charge in [0, 0.05) is 21.8 Å². The van der Waals surface area contributed by atoms with Crippen LogP contribution in [0.25, 0.3) is 0 Å². The largest absolute Gasteiger partial charge is 0.508 e. The van der Waals surface area contributed by atoms with Gasteiger partial charge < -0.3 is 10.4 Å². The summed E-state index contributed by atoms with van der Waals surface area (Å²) in [6.07, 6.45) is 0. The number of phenols is 1. The highest BCUT2D eigenvalue weighted by atomic mass is 79.9. The van der Waals surface area contributed by atoms with Crippen molar-refractivity contribution in [3.63, 3.8) is 0 Å². The van der Waals surface area contributed by atoms with Crippen molar-refractivity contribution in [3.05, 3.63) is 57.6 Å². The first-order valence-electron chi connectivity index (χ1n) is 5.84. The number of hydrogen-bond acceptors (Lipinski definition) is 2. The van der Waals surface area contributed by atoms with Crippen molar-refractivity contribution in [2.45, 2.75) is 13.8 Å². The van der Waals surface area contributed by atoms with Crippen LogP contribution in [0.4, 0.5) is 5.69 Å². The first-order chi connectivity index (χ1) is 8.97. The maximum absolute atomic E-state index is 12.2. The molecule has 0 bridgehead atoms. The summed E-state index contributed by atoms with van der Waals surface area (Å²) in [4.78, 5) is 12.2. The monoisotopic (exact) mass is 319 g/mol. The van der Waals surface area contributed by atoms with Crippen LogP contribution in [0.5, 0.6) is 5.75 Å². The van der Waals surface area contributed by atoms with Crippen LogP contribution in [-0.4, -0.2) is 11.0 Å². The summed E-state index contributed by atoms with van der Waals surface area (Å²) in [5.74, 6) is -0.0224. The zero-order valence-electron chi connectivity index (χ0n) is 10.7. The van der Waals surface area contributed by atoms with Crippen LogP contribution in [0, 0.1) is 13.8 Å². The van der Waals surface area contributed by atoms with E-state index in [0.29, 0.717) is 11.3 Å². The molecule has 0 atom stereocenters. The van der Waals surface area contributed by atoms with Crippen LogP contribution < -0.4 is 5.32 Å². The highest BCUT2D eigenvalue weighted by Crippen LogP contribution is 2.22. The molecule has 0 aliphatic rings. The Morgan fingerprint density at radius 2 is 1.79 bits per heavy atom. The second kappa shape index (κ2) is 5.45. The van der Waals surface area contributed by atoms with Crippen molar-refractivity contribution in [1.82, 2.24) is 0 Å². The van der Waals surface area contributed by atoms with Gasteiger partial charge in [0.05, 0.1) is 0 Å². The molecule has 2 aromatic rings. The van der Waals surface area contributed by atoms with Crippen molar-refractivity contribution >= 4 is 27.5 Å². The van der Waals surface area contributed by atoms with Crippen LogP contribution in [-0.2, 0) is 0 Å². The summed E-state index contributed by atoms with van der Waals surface area (Å²) >= 11 is 3.35. The summed E-state index contributed by atoms with van der Waals surface area (Å²) in [5.41, 5.74) is 2.86. The molecule has 0 saturated carbocycles. The van der Waals surface area contributed by atoms with E-state index in [1.807, 2.05) is 19.1 Å². The zero-order valence-corrected chi connectivity index (χ0v) is 12.3. The van der Waals surface area contributed by atoms with E-state index in [-0.39, 0.29) is 11.7 Å². The topological polar surface area (TPSA) is 49.3 Å². The Labute approximate surface area is 120 Å². The second-order valence-electron chi connectivity index (χ2n) is 4.41. The van der Waals surface area contributed by atoms with Gasteiger partial charge in [-0.3, -0.25) is 4.79 Å². The number of nitrogens with one attached hydrogen (secondary N) is 1. The minimum atomic E-state index is -0.193. The van der Waals surface area contributed by atoms with Gasteiger partial charge in [0.1, 0.15) is 5.75 Å². The maximum atomic E-state index is 12.2. The van der Waals surface area contributed by atoms with Crippen molar-refractivity contribution in [2.75, 3.05) is 5.32 Å². The fraction of sp³-hybridized carbons (Fsp3) is 0.133. The summed E-state index contributed by atoms with van der Waals surface area (Å²) < 4.78 is 0.856. The summed E-state index contributed by atoms with van der Waals surface area (Å²) in [6, 6.07) is 10.6. The molecule has 0 aliphatic carbocycles. The molecule has 2 N–H and O–H groups in total. The molecule has 0 spiro atoms. The summed E-state index contributed by atoms with van der Waals surface area (Å²) in [5, 5.41) is 12.4. The Morgan fingerprint density at radius 3 is 2.47 bits per heavy atom. The first kappa shape index (κ1) is 13.6. The van der Waals surface area contributed by atoms with Crippen molar-refractivity contribution in [1.29, 1.82) is 0 Å². The number of amides is 1. The maximum Gasteiger partial charge on any atom is 0.255 e. The Balaban J connectivity index is 2.25. The molecule has 0 radical (unpaired) electrons. The van der Waals surface area contributed by atoms with E-state index in [2.05, 4.69) is 21.2 Å². The average molecular weight is 320 g/mol. The van der Waals surface area contributed by atoms with Gasteiger partial charge in [0.25, 0.3) is 5.91 Å². The third-order valence-electron chi connectivity index (χ3n) is 2.91. The molecule has 19 heavy (non-hydrogen) atoms. The molecule has 1 amide bonds. The predicted molar refractivity (Wildman–Crippen MR) is 79.7 cm³/mol. The van der Waals surface area contributed by atoms with Crippen LogP contribution in [0.2, 0.25) is 0 Å². The summed E-state index contributed by atoms with van der Waals surface area (Å²) in [6.45, 7) is 3.69. The van der Waals surface area contributed by atoms with Gasteiger partial charge in [-0.1, -0.05) is 28.1 Å². The third kappa shape index (κ3) is 3.15. The number of carbonyl (C=O) groups is 1. The quantitative estimate of drug-likeness (QED) is 0.878. The minimum Gasteiger partial charge on any atom is -0.508 e. The highest BCUT2D eigenvalue weighted by molar-refractivity contribution is 9.10. The van der Waals surface area contributed by atoms with Crippen LogP contribution in [0.3, 0.4) is 0 Å². The lowest BCUT2D eigenvalue weighted by molar-refractivity contribution is 0.102. The number of aromatic hydroxyl groups is 1. The van der Waals surface area contributed by atoms with Crippen LogP contribution >= 0.6 is 15.9 Å². The van der Waals surface area contributed by atoms with Crippen LogP contribution in [0.1, 0.15) is 21.5 Å². The lowest BCUT2D eigenvalue weighted by atomic mass is 10.1. The molecule has 0 unspecified atom stereocenters. The number of aryl methyl sites for hydroxylation is 2. The fourth-order valence-corrected chi connectivity index (χ4v) is 2.09. The Bertz CT molecular complexity index is 638. The van der Waals surface area contributed by atoms with Gasteiger partial charge in [-0.2, -0.15) is 0 Å². The lowest BCUT2D eigenvalue weighted by Gasteiger charge is -2.09. The molecular weight excluding hydrogens is 306 g/mol. The number of phenolic OH excluding ortho intramolecular Hbond substituents is 1. The number of rotatable bonds is 2. The number of benzene rings is 2. The van der Waals surface area contributed by atoms with Gasteiger partial charge >= 0.3 is 0 Å². The molecule has 0 fully saturated rings. The number of anilines is 1. The Hall–Kier alpha value is -1.81. The van der Waals surface area contributed by atoms with Gasteiger partial charge in [-0.15, -0.1) is 0 Å². The highest BCUT2D eigenvalue weighted by Gasteiger charge is 2.10. The third-order valence-corrected chi connectivity index (χ3v) is 3.40. The Morgan fingerprint density at radius 1 is 1.11 bits per heavy atom. The minimum absolute atomic E-state index is 0.170. The van der Waals surface area contributed by atoms with Crippen molar-refractivity contribution < 1.29 is 9.90 Å². The van der Waals surface area contributed by atoms with E-state index < -0.39 is 0 Å². The number of halogens is 1. The molecule has 0 aromatic heterocycles. The standard InChI is InChI=1S/C15H14BrNO2/c1-9-3-5-11(16)7-13(9)15(19)17-12-6-4-10(2)14(18)8-12/h3-8,18H,1-2H3,(H,17,19). The molecule has 4 heteroatoms. The molecule has 0 saturated heterocycles. The van der Waals surface area contributed by atoms with E-state index in [1.54, 1.807) is 31.2 Å². The first-order valence-corrected chi connectivity index (χ1v) is 6.64. The molecule has 0 aliphatic heterocycles. The average Bonchev–Trinajstić information content (AvgIpc) is 2.36. The van der Waals surface area contributed by atoms with Gasteiger partial charge in [-0.05, 0) is 43.2 Å². The van der Waals surface area contributed by atoms with E-state index in [0.717, 1.165) is 15.6 Å². The molecule has 3 nitrogen and oxygen atoms in total. The normalized spacial score (nSPS) is 10.3. The molecule has 0 heterocycles. The lowest BCUT2D eigenvalue weighted by Crippen LogP contribution is -2.13. The van der Waals surface area contributed by atoms with Crippen LogP contribution in [0.15, 0.2) is 40.9 Å². The van der Waals surface area contributed by atoms with Gasteiger partial charge in [0.2, 0.25) is 0 Å². The van der Waals surface area contributed by atoms with E-state index in [4.69, 9.17) is 0 Å². The molecule has 98 valence electrons. The van der Waals surface area contributed by atoms with E-state index >= 15 is 0 Å². The number of carbonyl (C=O) groups excluding carboxylic acids is 1. The number of hydrogen-bond donors (Lipinski definition) is 2. The smallest absolute Gasteiger partial charge is 0.255 e. The van der Waals surface area contributed by atoms with Gasteiger partial charge in [-0.25, -0.2) is 0 Å².